The van der Waals surface area contributed by atoms with Gasteiger partial charge in [-0.2, -0.15) is 0 Å². The summed E-state index contributed by atoms with van der Waals surface area (Å²) in [6, 6.07) is 18.5. The molecule has 0 saturated carbocycles. The van der Waals surface area contributed by atoms with E-state index >= 15 is 0 Å². The van der Waals surface area contributed by atoms with Crippen molar-refractivity contribution < 1.29 is 18.0 Å². The van der Waals surface area contributed by atoms with E-state index in [1.54, 1.807) is 42.5 Å². The molecule has 0 saturated heterocycles. The first-order valence-corrected chi connectivity index (χ1v) is 11.6. The summed E-state index contributed by atoms with van der Waals surface area (Å²) in [6.07, 6.45) is 0. The minimum atomic E-state index is -4.11. The monoisotopic (exact) mass is 491 g/mol. The van der Waals surface area contributed by atoms with Gasteiger partial charge >= 0.3 is 0 Å². The molecule has 7 nitrogen and oxygen atoms in total. The maximum Gasteiger partial charge on any atom is 0.264 e. The molecule has 0 heterocycles. The van der Waals surface area contributed by atoms with E-state index in [0.717, 1.165) is 4.31 Å². The zero-order valence-corrected chi connectivity index (χ0v) is 19.2. The van der Waals surface area contributed by atoms with Crippen molar-refractivity contribution in [2.45, 2.75) is 11.8 Å². The third-order valence-corrected chi connectivity index (χ3v) is 6.58. The van der Waals surface area contributed by atoms with Crippen LogP contribution in [0.1, 0.15) is 6.92 Å². The minimum Gasteiger partial charge on any atom is -0.326 e. The van der Waals surface area contributed by atoms with Gasteiger partial charge in [0.25, 0.3) is 10.0 Å². The molecule has 3 aromatic carbocycles. The third-order valence-electron chi connectivity index (χ3n) is 4.26. The highest BCUT2D eigenvalue weighted by molar-refractivity contribution is 7.92. The van der Waals surface area contributed by atoms with Gasteiger partial charge < -0.3 is 10.6 Å². The summed E-state index contributed by atoms with van der Waals surface area (Å²) in [5.74, 6) is -0.860. The topological polar surface area (TPSA) is 95.6 Å². The second-order valence-electron chi connectivity index (χ2n) is 6.73. The van der Waals surface area contributed by atoms with Crippen LogP contribution >= 0.6 is 23.2 Å². The fourth-order valence-electron chi connectivity index (χ4n) is 2.91. The van der Waals surface area contributed by atoms with E-state index in [1.165, 1.54) is 37.3 Å². The van der Waals surface area contributed by atoms with Gasteiger partial charge in [0.1, 0.15) is 6.54 Å². The van der Waals surface area contributed by atoms with E-state index in [4.69, 9.17) is 23.2 Å². The van der Waals surface area contributed by atoms with Gasteiger partial charge in [0.15, 0.2) is 0 Å². The SMILES string of the molecule is CC(=O)Nc1cccc(NC(=O)CN(c2ccc(Cl)cc2Cl)S(=O)(=O)c2ccccc2)c1. The predicted molar refractivity (Wildman–Crippen MR) is 127 cm³/mol. The fraction of sp³-hybridized carbons (Fsp3) is 0.0909. The molecule has 0 aromatic heterocycles. The number of halogens is 2. The maximum atomic E-state index is 13.3. The Morgan fingerprint density at radius 2 is 1.53 bits per heavy atom. The van der Waals surface area contributed by atoms with E-state index in [0.29, 0.717) is 16.4 Å². The second kappa shape index (κ2) is 10.0. The van der Waals surface area contributed by atoms with Crippen molar-refractivity contribution in [3.05, 3.63) is 82.8 Å². The number of amides is 2. The molecule has 2 amide bonds. The normalized spacial score (nSPS) is 11.0. The highest BCUT2D eigenvalue weighted by Crippen LogP contribution is 2.32. The Labute approximate surface area is 196 Å². The second-order valence-corrected chi connectivity index (χ2v) is 9.44. The molecule has 0 fully saturated rings. The Kier molecular flexibility index (Phi) is 7.40. The summed E-state index contributed by atoms with van der Waals surface area (Å²) in [4.78, 5) is 24.1. The zero-order chi connectivity index (χ0) is 23.3. The number of anilines is 3. The predicted octanol–water partition coefficient (Wildman–Crippen LogP) is 4.79. The van der Waals surface area contributed by atoms with Crippen LogP contribution in [0, 0.1) is 0 Å². The zero-order valence-electron chi connectivity index (χ0n) is 16.9. The molecule has 0 radical (unpaired) electrons. The summed E-state index contributed by atoms with van der Waals surface area (Å²) in [5.41, 5.74) is 0.993. The van der Waals surface area contributed by atoms with Crippen molar-refractivity contribution in [3.63, 3.8) is 0 Å². The average molecular weight is 492 g/mol. The number of nitrogens with one attached hydrogen (secondary N) is 2. The Bertz CT molecular complexity index is 1250. The molecule has 10 heteroatoms. The van der Waals surface area contributed by atoms with Crippen LogP contribution in [0.3, 0.4) is 0 Å². The van der Waals surface area contributed by atoms with Gasteiger partial charge in [-0.05, 0) is 48.5 Å². The number of carbonyl (C=O) groups is 2. The first kappa shape index (κ1) is 23.6. The van der Waals surface area contributed by atoms with Crippen LogP contribution in [0.15, 0.2) is 77.7 Å². The molecule has 0 aliphatic heterocycles. The number of sulfonamides is 1. The molecule has 0 atom stereocenters. The van der Waals surface area contributed by atoms with Crippen LogP contribution in [0.5, 0.6) is 0 Å². The van der Waals surface area contributed by atoms with Gasteiger partial charge in [-0.1, -0.05) is 47.5 Å². The lowest BCUT2D eigenvalue weighted by molar-refractivity contribution is -0.115. The molecule has 3 aromatic rings. The highest BCUT2D eigenvalue weighted by Gasteiger charge is 2.28. The van der Waals surface area contributed by atoms with Crippen molar-refractivity contribution in [2.75, 3.05) is 21.5 Å². The summed E-state index contributed by atoms with van der Waals surface area (Å²) in [6.45, 7) is 0.830. The molecule has 3 rings (SSSR count). The minimum absolute atomic E-state index is 0.00599. The van der Waals surface area contributed by atoms with Crippen molar-refractivity contribution in [2.24, 2.45) is 0 Å². The van der Waals surface area contributed by atoms with Gasteiger partial charge in [-0.25, -0.2) is 8.42 Å². The number of hydrogen-bond donors (Lipinski definition) is 2. The largest absolute Gasteiger partial charge is 0.326 e. The van der Waals surface area contributed by atoms with Crippen LogP contribution in [0.4, 0.5) is 17.1 Å². The molecule has 0 unspecified atom stereocenters. The maximum absolute atomic E-state index is 13.3. The number of benzene rings is 3. The molecule has 0 spiro atoms. The average Bonchev–Trinajstić information content (AvgIpc) is 2.73. The molecule has 0 aliphatic carbocycles. The van der Waals surface area contributed by atoms with Gasteiger partial charge in [-0.3, -0.25) is 13.9 Å². The van der Waals surface area contributed by atoms with Crippen LogP contribution in [0.25, 0.3) is 0 Å². The molecule has 32 heavy (non-hydrogen) atoms. The van der Waals surface area contributed by atoms with Crippen molar-refractivity contribution in [1.82, 2.24) is 0 Å². The number of rotatable bonds is 7. The van der Waals surface area contributed by atoms with Crippen LogP contribution in [0.2, 0.25) is 10.0 Å². The molecular formula is C22H19Cl2N3O4S. The third kappa shape index (κ3) is 5.79. The van der Waals surface area contributed by atoms with Crippen LogP contribution in [-0.2, 0) is 19.6 Å². The first-order chi connectivity index (χ1) is 15.2. The molecule has 0 aliphatic rings. The van der Waals surface area contributed by atoms with Crippen LogP contribution in [-0.4, -0.2) is 26.8 Å². The van der Waals surface area contributed by atoms with Crippen molar-refractivity contribution >= 4 is 62.1 Å². The van der Waals surface area contributed by atoms with Gasteiger partial charge in [0.2, 0.25) is 11.8 Å². The summed E-state index contributed by atoms with van der Waals surface area (Å²) in [7, 11) is -4.11. The summed E-state index contributed by atoms with van der Waals surface area (Å²) in [5, 5.41) is 5.67. The standard InChI is InChI=1S/C22H19Cl2N3O4S/c1-15(28)25-17-6-5-7-18(13-17)26-22(29)14-27(21-11-10-16(23)12-20(21)24)32(30,31)19-8-3-2-4-9-19/h2-13H,14H2,1H3,(H,25,28)(H,26,29). The highest BCUT2D eigenvalue weighted by atomic mass is 35.5. The Morgan fingerprint density at radius 3 is 2.16 bits per heavy atom. The lowest BCUT2D eigenvalue weighted by Gasteiger charge is -2.25. The molecule has 166 valence electrons. The first-order valence-electron chi connectivity index (χ1n) is 9.37. The van der Waals surface area contributed by atoms with E-state index in [9.17, 15) is 18.0 Å². The smallest absolute Gasteiger partial charge is 0.264 e. The van der Waals surface area contributed by atoms with E-state index in [1.807, 2.05) is 0 Å². The Morgan fingerprint density at radius 1 is 0.875 bits per heavy atom. The number of nitrogens with zero attached hydrogens (tertiary/aromatic N) is 1. The molecule has 2 N–H and O–H groups in total. The number of carbonyl (C=O) groups excluding carboxylic acids is 2. The Balaban J connectivity index is 1.92. The van der Waals surface area contributed by atoms with Crippen molar-refractivity contribution in [1.29, 1.82) is 0 Å². The van der Waals surface area contributed by atoms with E-state index in [-0.39, 0.29) is 21.5 Å². The number of hydrogen-bond acceptors (Lipinski definition) is 4. The fourth-order valence-corrected chi connectivity index (χ4v) is 4.93. The molecule has 0 bridgehead atoms. The summed E-state index contributed by atoms with van der Waals surface area (Å²) < 4.78 is 27.6. The van der Waals surface area contributed by atoms with Crippen molar-refractivity contribution in [3.8, 4) is 0 Å². The van der Waals surface area contributed by atoms with Gasteiger partial charge in [-0.15, -0.1) is 0 Å². The van der Waals surface area contributed by atoms with Gasteiger partial charge in [0.05, 0.1) is 15.6 Å². The summed E-state index contributed by atoms with van der Waals surface area (Å²) >= 11 is 12.2. The molecular weight excluding hydrogens is 473 g/mol. The lowest BCUT2D eigenvalue weighted by atomic mass is 10.2. The Hall–Kier alpha value is -3.07. The quantitative estimate of drug-likeness (QED) is 0.496. The lowest BCUT2D eigenvalue weighted by Crippen LogP contribution is -2.38. The van der Waals surface area contributed by atoms with Crippen LogP contribution < -0.4 is 14.9 Å². The van der Waals surface area contributed by atoms with E-state index < -0.39 is 22.5 Å². The van der Waals surface area contributed by atoms with Gasteiger partial charge in [0, 0.05) is 23.3 Å². The van der Waals surface area contributed by atoms with E-state index in [2.05, 4.69) is 10.6 Å².